The summed E-state index contributed by atoms with van der Waals surface area (Å²) in [7, 11) is 1.66. The molecule has 1 fully saturated rings. The minimum atomic E-state index is -0.539. The van der Waals surface area contributed by atoms with E-state index in [2.05, 4.69) is 24.5 Å². The highest BCUT2D eigenvalue weighted by Crippen LogP contribution is 2.39. The van der Waals surface area contributed by atoms with Crippen LogP contribution in [-0.4, -0.2) is 36.8 Å². The van der Waals surface area contributed by atoms with E-state index in [1.165, 1.54) is 0 Å². The summed E-state index contributed by atoms with van der Waals surface area (Å²) >= 11 is 0. The average molecular weight is 256 g/mol. The number of carbonyl (C=O) groups excluding carboxylic acids is 1. The molecule has 3 N–H and O–H groups in total. The lowest BCUT2D eigenvalue weighted by Crippen LogP contribution is -2.45. The van der Waals surface area contributed by atoms with Gasteiger partial charge in [-0.2, -0.15) is 0 Å². The Morgan fingerprint density at radius 3 is 2.39 bits per heavy atom. The van der Waals surface area contributed by atoms with Crippen LogP contribution >= 0.6 is 0 Å². The van der Waals surface area contributed by atoms with E-state index in [1.807, 2.05) is 0 Å². The van der Waals surface area contributed by atoms with Crippen LogP contribution in [0, 0.1) is 5.41 Å². The molecule has 1 rings (SSSR count). The van der Waals surface area contributed by atoms with Crippen LogP contribution < -0.4 is 10.6 Å². The summed E-state index contributed by atoms with van der Waals surface area (Å²) in [6, 6.07) is 0. The minimum Gasteiger partial charge on any atom is -0.389 e. The van der Waals surface area contributed by atoms with Crippen molar-refractivity contribution in [3.05, 3.63) is 0 Å². The molecule has 0 spiro atoms. The number of nitrogens with one attached hydrogen (secondary N) is 2. The third kappa shape index (κ3) is 5.36. The number of aliphatic hydroxyl groups is 1. The zero-order chi connectivity index (χ0) is 13.6. The molecule has 1 aliphatic rings. The highest BCUT2D eigenvalue weighted by Gasteiger charge is 2.36. The Bertz CT molecular complexity index is 267. The molecule has 0 aromatic carbocycles. The van der Waals surface area contributed by atoms with Crippen molar-refractivity contribution in [3.8, 4) is 0 Å². The van der Waals surface area contributed by atoms with Gasteiger partial charge in [0.1, 0.15) is 0 Å². The Kier molecular flexibility index (Phi) is 5.60. The van der Waals surface area contributed by atoms with Crippen molar-refractivity contribution in [2.45, 2.75) is 58.0 Å². The number of rotatable bonds is 6. The maximum absolute atomic E-state index is 11.0. The van der Waals surface area contributed by atoms with Crippen molar-refractivity contribution in [2.24, 2.45) is 5.41 Å². The standard InChI is InChI=1S/C14H28N2O2/c1-13(2)6-8-14(18,9-7-13)11-16-10-4-5-12(17)15-3/h16,18H,4-11H2,1-3H3,(H,15,17). The Morgan fingerprint density at radius 2 is 1.83 bits per heavy atom. The van der Waals surface area contributed by atoms with Crippen molar-refractivity contribution in [1.82, 2.24) is 10.6 Å². The topological polar surface area (TPSA) is 61.4 Å². The quantitative estimate of drug-likeness (QED) is 0.630. The molecular weight excluding hydrogens is 228 g/mol. The van der Waals surface area contributed by atoms with Gasteiger partial charge in [0.05, 0.1) is 5.60 Å². The van der Waals surface area contributed by atoms with Crippen molar-refractivity contribution < 1.29 is 9.90 Å². The van der Waals surface area contributed by atoms with Crippen molar-refractivity contribution in [1.29, 1.82) is 0 Å². The first-order valence-electron chi connectivity index (χ1n) is 7.01. The number of amides is 1. The molecular formula is C14H28N2O2. The summed E-state index contributed by atoms with van der Waals surface area (Å²) in [6.45, 7) is 5.97. The van der Waals surface area contributed by atoms with Gasteiger partial charge in [-0.3, -0.25) is 4.79 Å². The van der Waals surface area contributed by atoms with Gasteiger partial charge in [-0.1, -0.05) is 13.8 Å². The van der Waals surface area contributed by atoms with E-state index in [0.717, 1.165) is 38.6 Å². The average Bonchev–Trinajstić information content (AvgIpc) is 2.33. The van der Waals surface area contributed by atoms with E-state index in [9.17, 15) is 9.90 Å². The largest absolute Gasteiger partial charge is 0.389 e. The van der Waals surface area contributed by atoms with Crippen LogP contribution in [0.15, 0.2) is 0 Å². The third-order valence-corrected chi connectivity index (χ3v) is 4.02. The van der Waals surface area contributed by atoms with Gasteiger partial charge < -0.3 is 15.7 Å². The van der Waals surface area contributed by atoms with Crippen LogP contribution in [-0.2, 0) is 4.79 Å². The summed E-state index contributed by atoms with van der Waals surface area (Å²) in [5, 5.41) is 16.3. The van der Waals surface area contributed by atoms with E-state index < -0.39 is 5.60 Å². The molecule has 1 saturated carbocycles. The van der Waals surface area contributed by atoms with Crippen LogP contribution in [0.1, 0.15) is 52.4 Å². The molecule has 0 aromatic rings. The molecule has 0 aromatic heterocycles. The lowest BCUT2D eigenvalue weighted by atomic mass is 9.71. The van der Waals surface area contributed by atoms with E-state index in [0.29, 0.717) is 18.4 Å². The summed E-state index contributed by atoms with van der Waals surface area (Å²) in [6.07, 6.45) is 5.30. The van der Waals surface area contributed by atoms with Crippen LogP contribution in [0.25, 0.3) is 0 Å². The van der Waals surface area contributed by atoms with Gasteiger partial charge >= 0.3 is 0 Å². The zero-order valence-corrected chi connectivity index (χ0v) is 12.0. The van der Waals surface area contributed by atoms with Crippen molar-refractivity contribution >= 4 is 5.91 Å². The normalized spacial score (nSPS) is 21.6. The molecule has 0 saturated heterocycles. The monoisotopic (exact) mass is 256 g/mol. The van der Waals surface area contributed by atoms with Gasteiger partial charge in [0, 0.05) is 20.0 Å². The second-order valence-electron chi connectivity index (χ2n) is 6.34. The highest BCUT2D eigenvalue weighted by atomic mass is 16.3. The van der Waals surface area contributed by atoms with E-state index in [1.54, 1.807) is 7.05 Å². The van der Waals surface area contributed by atoms with Gasteiger partial charge in [0.15, 0.2) is 0 Å². The van der Waals surface area contributed by atoms with Gasteiger partial charge in [-0.15, -0.1) is 0 Å². The molecule has 18 heavy (non-hydrogen) atoms. The maximum Gasteiger partial charge on any atom is 0.219 e. The van der Waals surface area contributed by atoms with E-state index in [4.69, 9.17) is 0 Å². The first kappa shape index (κ1) is 15.4. The minimum absolute atomic E-state index is 0.0786. The molecule has 0 radical (unpaired) electrons. The lowest BCUT2D eigenvalue weighted by Gasteiger charge is -2.40. The van der Waals surface area contributed by atoms with Crippen LogP contribution in [0.5, 0.6) is 0 Å². The molecule has 0 bridgehead atoms. The first-order valence-corrected chi connectivity index (χ1v) is 7.01. The molecule has 106 valence electrons. The number of carbonyl (C=O) groups is 1. The van der Waals surface area contributed by atoms with Crippen molar-refractivity contribution in [3.63, 3.8) is 0 Å². The smallest absolute Gasteiger partial charge is 0.219 e. The fraction of sp³-hybridized carbons (Fsp3) is 0.929. The van der Waals surface area contributed by atoms with Gasteiger partial charge in [-0.05, 0) is 44.1 Å². The Morgan fingerprint density at radius 1 is 1.22 bits per heavy atom. The predicted molar refractivity (Wildman–Crippen MR) is 73.4 cm³/mol. The molecule has 4 heteroatoms. The second-order valence-corrected chi connectivity index (χ2v) is 6.34. The number of hydrogen-bond donors (Lipinski definition) is 3. The molecule has 0 aliphatic heterocycles. The molecule has 0 heterocycles. The van der Waals surface area contributed by atoms with Gasteiger partial charge in [0.2, 0.25) is 5.91 Å². The van der Waals surface area contributed by atoms with E-state index in [-0.39, 0.29) is 5.91 Å². The first-order chi connectivity index (χ1) is 8.37. The molecule has 1 aliphatic carbocycles. The summed E-state index contributed by atoms with van der Waals surface area (Å²) in [4.78, 5) is 11.0. The Hall–Kier alpha value is -0.610. The van der Waals surface area contributed by atoms with Gasteiger partial charge in [-0.25, -0.2) is 0 Å². The molecule has 0 atom stereocenters. The zero-order valence-electron chi connectivity index (χ0n) is 12.0. The Balaban J connectivity index is 2.14. The predicted octanol–water partition coefficient (Wildman–Crippen LogP) is 1.43. The Labute approximate surface area is 111 Å². The maximum atomic E-state index is 11.0. The summed E-state index contributed by atoms with van der Waals surface area (Å²) in [5.41, 5.74) is -0.159. The van der Waals surface area contributed by atoms with Crippen LogP contribution in [0.3, 0.4) is 0 Å². The van der Waals surface area contributed by atoms with Gasteiger partial charge in [0.25, 0.3) is 0 Å². The number of hydrogen-bond acceptors (Lipinski definition) is 3. The summed E-state index contributed by atoms with van der Waals surface area (Å²) in [5.74, 6) is 0.0786. The van der Waals surface area contributed by atoms with Crippen LogP contribution in [0.4, 0.5) is 0 Å². The summed E-state index contributed by atoms with van der Waals surface area (Å²) < 4.78 is 0. The molecule has 1 amide bonds. The third-order valence-electron chi connectivity index (χ3n) is 4.02. The fourth-order valence-electron chi connectivity index (χ4n) is 2.39. The van der Waals surface area contributed by atoms with E-state index >= 15 is 0 Å². The highest BCUT2D eigenvalue weighted by molar-refractivity contribution is 5.75. The second kappa shape index (κ2) is 6.53. The fourth-order valence-corrected chi connectivity index (χ4v) is 2.39. The SMILES string of the molecule is CNC(=O)CCCNCC1(O)CCC(C)(C)CC1. The molecule has 0 unspecified atom stereocenters. The lowest BCUT2D eigenvalue weighted by molar-refractivity contribution is -0.120. The van der Waals surface area contributed by atoms with Crippen molar-refractivity contribution in [2.75, 3.05) is 20.1 Å². The van der Waals surface area contributed by atoms with Crippen LogP contribution in [0.2, 0.25) is 0 Å². The molecule has 4 nitrogen and oxygen atoms in total.